The molecule has 33 heavy (non-hydrogen) atoms. The molecular weight excluding hydrogens is 535 g/mol. The van der Waals surface area contributed by atoms with Crippen LogP contribution in [0.4, 0.5) is 0 Å². The van der Waals surface area contributed by atoms with Gasteiger partial charge < -0.3 is 24.8 Å². The second-order valence-electron chi connectivity index (χ2n) is 8.48. The molecule has 0 radical (unpaired) electrons. The number of nitrogens with one attached hydrogen (secondary N) is 1. The molecule has 2 fully saturated rings. The third-order valence-electron chi connectivity index (χ3n) is 5.96. The van der Waals surface area contributed by atoms with Gasteiger partial charge in [0.25, 0.3) is 0 Å². The van der Waals surface area contributed by atoms with Gasteiger partial charge in [-0.1, -0.05) is 12.1 Å². The predicted molar refractivity (Wildman–Crippen MR) is 140 cm³/mol. The fourth-order valence-electron chi connectivity index (χ4n) is 3.85. The Kier molecular flexibility index (Phi) is 11.2. The van der Waals surface area contributed by atoms with Crippen LogP contribution >= 0.6 is 24.0 Å². The maximum absolute atomic E-state index is 12.5. The van der Waals surface area contributed by atoms with Crippen molar-refractivity contribution in [2.75, 3.05) is 73.6 Å². The molecule has 2 amide bonds. The maximum atomic E-state index is 12.5. The van der Waals surface area contributed by atoms with E-state index < -0.39 is 0 Å². The van der Waals surface area contributed by atoms with Gasteiger partial charge in [-0.25, -0.2) is 4.99 Å². The van der Waals surface area contributed by atoms with Crippen LogP contribution in [0, 0.1) is 0 Å². The Balaban J connectivity index is 0.00000385. The third kappa shape index (κ3) is 8.33. The van der Waals surface area contributed by atoms with Crippen molar-refractivity contribution in [2.24, 2.45) is 4.99 Å². The fraction of sp³-hybridized carbons (Fsp3) is 0.609. The van der Waals surface area contributed by atoms with Gasteiger partial charge >= 0.3 is 0 Å². The average molecular weight is 572 g/mol. The Morgan fingerprint density at radius 3 is 2.21 bits per heavy atom. The van der Waals surface area contributed by atoms with E-state index in [0.717, 1.165) is 69.4 Å². The number of hydrogen-bond acceptors (Lipinski definition) is 5. The summed E-state index contributed by atoms with van der Waals surface area (Å²) >= 11 is 0. The fourth-order valence-corrected chi connectivity index (χ4v) is 3.85. The summed E-state index contributed by atoms with van der Waals surface area (Å²) < 4.78 is 5.22. The highest BCUT2D eigenvalue weighted by Gasteiger charge is 2.25. The molecule has 9 nitrogen and oxygen atoms in total. The first-order valence-electron chi connectivity index (χ1n) is 11.3. The second kappa shape index (κ2) is 13.6. The van der Waals surface area contributed by atoms with Gasteiger partial charge in [-0.15, -0.1) is 24.0 Å². The molecule has 2 saturated heterocycles. The summed E-state index contributed by atoms with van der Waals surface area (Å²) in [6.45, 7) is 6.09. The minimum atomic E-state index is -0.00278. The highest BCUT2D eigenvalue weighted by molar-refractivity contribution is 14.0. The molecule has 1 N–H and O–H groups in total. The Hall–Kier alpha value is -2.08. The van der Waals surface area contributed by atoms with Crippen molar-refractivity contribution in [1.82, 2.24) is 24.9 Å². The summed E-state index contributed by atoms with van der Waals surface area (Å²) in [6.07, 6.45) is 2.23. The zero-order valence-electron chi connectivity index (χ0n) is 20.0. The first kappa shape index (κ1) is 27.2. The van der Waals surface area contributed by atoms with Crippen molar-refractivity contribution >= 4 is 41.8 Å². The van der Waals surface area contributed by atoms with Crippen molar-refractivity contribution in [1.29, 1.82) is 0 Å². The van der Waals surface area contributed by atoms with Crippen LogP contribution in [0.3, 0.4) is 0 Å². The molecule has 0 unspecified atom stereocenters. The van der Waals surface area contributed by atoms with Gasteiger partial charge in [-0.2, -0.15) is 0 Å². The van der Waals surface area contributed by atoms with Crippen LogP contribution in [0.15, 0.2) is 29.3 Å². The van der Waals surface area contributed by atoms with Crippen LogP contribution in [0.5, 0.6) is 5.75 Å². The smallest absolute Gasteiger partial charge is 0.241 e. The zero-order chi connectivity index (χ0) is 22.9. The lowest BCUT2D eigenvalue weighted by atomic mass is 10.2. The number of likely N-dealkylation sites (N-methyl/N-ethyl adjacent to an activating group) is 1. The number of benzene rings is 1. The van der Waals surface area contributed by atoms with Gasteiger partial charge in [-0.05, 0) is 30.5 Å². The molecule has 0 bridgehead atoms. The number of methoxy groups -OCH3 is 1. The lowest BCUT2D eigenvalue weighted by Crippen LogP contribution is -2.55. The van der Waals surface area contributed by atoms with Gasteiger partial charge in [0.1, 0.15) is 5.75 Å². The first-order chi connectivity index (χ1) is 15.5. The Morgan fingerprint density at radius 1 is 1.00 bits per heavy atom. The van der Waals surface area contributed by atoms with E-state index in [4.69, 9.17) is 9.73 Å². The highest BCUT2D eigenvalue weighted by Crippen LogP contribution is 2.13. The van der Waals surface area contributed by atoms with E-state index in [9.17, 15) is 9.59 Å². The molecule has 184 valence electrons. The normalized spacial score (nSPS) is 16.9. The summed E-state index contributed by atoms with van der Waals surface area (Å²) in [5.41, 5.74) is 1.07. The monoisotopic (exact) mass is 572 g/mol. The predicted octanol–water partition coefficient (Wildman–Crippen LogP) is 1.09. The summed E-state index contributed by atoms with van der Waals surface area (Å²) in [6, 6.07) is 7.83. The maximum Gasteiger partial charge on any atom is 0.241 e. The third-order valence-corrected chi connectivity index (χ3v) is 5.96. The van der Waals surface area contributed by atoms with Gasteiger partial charge in [0.05, 0.1) is 26.7 Å². The number of likely N-dealkylation sites (tertiary alicyclic amines) is 1. The number of halogens is 1. The van der Waals surface area contributed by atoms with Gasteiger partial charge in [0, 0.05) is 53.4 Å². The molecule has 10 heteroatoms. The number of carbonyl (C=O) groups excluding carboxylic acids is 2. The van der Waals surface area contributed by atoms with E-state index in [1.54, 1.807) is 26.1 Å². The lowest BCUT2D eigenvalue weighted by molar-refractivity contribution is -0.131. The van der Waals surface area contributed by atoms with Crippen LogP contribution in [0.2, 0.25) is 0 Å². The highest BCUT2D eigenvalue weighted by atomic mass is 127. The Bertz CT molecular complexity index is 788. The molecule has 1 aromatic rings. The molecule has 0 saturated carbocycles. The van der Waals surface area contributed by atoms with Crippen LogP contribution in [-0.2, 0) is 16.1 Å². The number of guanidine groups is 1. The number of piperazine rings is 1. The van der Waals surface area contributed by atoms with Crippen molar-refractivity contribution in [3.8, 4) is 5.75 Å². The van der Waals surface area contributed by atoms with E-state index in [1.165, 1.54) is 0 Å². The number of aliphatic imine (C=N–C) groups is 1. The Labute approximate surface area is 214 Å². The molecule has 3 rings (SSSR count). The second-order valence-corrected chi connectivity index (χ2v) is 8.48. The number of carbonyl (C=O) groups is 2. The van der Waals surface area contributed by atoms with Crippen LogP contribution < -0.4 is 10.1 Å². The van der Waals surface area contributed by atoms with Crippen molar-refractivity contribution in [3.05, 3.63) is 29.8 Å². The topological polar surface area (TPSA) is 80.7 Å². The van der Waals surface area contributed by atoms with Crippen LogP contribution in [0.25, 0.3) is 0 Å². The number of nitrogens with zero attached hydrogens (tertiary/aromatic N) is 5. The van der Waals surface area contributed by atoms with E-state index in [1.807, 2.05) is 29.2 Å². The molecule has 1 aromatic carbocycles. The molecule has 0 aromatic heterocycles. The number of rotatable bonds is 7. The minimum Gasteiger partial charge on any atom is -0.497 e. The molecule has 0 aliphatic carbocycles. The summed E-state index contributed by atoms with van der Waals surface area (Å²) in [5.74, 6) is 1.77. The number of hydrogen-bond donors (Lipinski definition) is 1. The SMILES string of the molecule is COc1ccc(CN=C(NCC(=O)N(C)C)N2CCN(CC(=O)N3CCCC3)CC2)cc1.I. The van der Waals surface area contributed by atoms with E-state index in [0.29, 0.717) is 13.1 Å². The largest absolute Gasteiger partial charge is 0.497 e. The summed E-state index contributed by atoms with van der Waals surface area (Å²) in [7, 11) is 5.14. The van der Waals surface area contributed by atoms with E-state index in [-0.39, 0.29) is 42.3 Å². The first-order valence-corrected chi connectivity index (χ1v) is 11.3. The molecule has 0 atom stereocenters. The minimum absolute atomic E-state index is 0. The molecule has 0 spiro atoms. The van der Waals surface area contributed by atoms with E-state index >= 15 is 0 Å². The standard InChI is InChI=1S/C23H36N6O3.HI/c1-26(2)21(30)17-25-23(24-16-19-6-8-20(32-3)9-7-19)29-14-12-27(13-15-29)18-22(31)28-10-4-5-11-28;/h6-9H,4-5,10-18H2,1-3H3,(H,24,25);1H. The number of ether oxygens (including phenoxy) is 1. The van der Waals surface area contributed by atoms with Crippen LogP contribution in [0.1, 0.15) is 18.4 Å². The van der Waals surface area contributed by atoms with E-state index in [2.05, 4.69) is 15.1 Å². The molecule has 2 heterocycles. The summed E-state index contributed by atoms with van der Waals surface area (Å²) in [5, 5.41) is 3.23. The quantitative estimate of drug-likeness (QED) is 0.300. The average Bonchev–Trinajstić information content (AvgIpc) is 3.35. The van der Waals surface area contributed by atoms with Gasteiger partial charge in [0.2, 0.25) is 11.8 Å². The van der Waals surface area contributed by atoms with Crippen LogP contribution in [-0.4, -0.2) is 111 Å². The molecule has 2 aliphatic heterocycles. The lowest BCUT2D eigenvalue weighted by Gasteiger charge is -2.36. The zero-order valence-corrected chi connectivity index (χ0v) is 22.3. The molecule has 2 aliphatic rings. The number of amides is 2. The van der Waals surface area contributed by atoms with Gasteiger partial charge in [-0.3, -0.25) is 14.5 Å². The van der Waals surface area contributed by atoms with Crippen molar-refractivity contribution in [3.63, 3.8) is 0 Å². The Morgan fingerprint density at radius 2 is 1.64 bits per heavy atom. The van der Waals surface area contributed by atoms with Gasteiger partial charge in [0.15, 0.2) is 5.96 Å². The molecular formula is C23H37IN6O3. The van der Waals surface area contributed by atoms with Crippen molar-refractivity contribution < 1.29 is 14.3 Å². The summed E-state index contributed by atoms with van der Waals surface area (Å²) in [4.78, 5) is 37.3. The van der Waals surface area contributed by atoms with Crippen molar-refractivity contribution in [2.45, 2.75) is 19.4 Å².